The van der Waals surface area contributed by atoms with E-state index in [1.54, 1.807) is 11.3 Å². The van der Waals surface area contributed by atoms with Crippen molar-refractivity contribution in [3.63, 3.8) is 0 Å². The maximum Gasteiger partial charge on any atom is 0.306 e. The Hall–Kier alpha value is -2.60. The summed E-state index contributed by atoms with van der Waals surface area (Å²) in [6.07, 6.45) is 7.46. The van der Waals surface area contributed by atoms with Gasteiger partial charge < -0.3 is 15.0 Å². The highest BCUT2D eigenvalue weighted by Gasteiger charge is 2.51. The maximum atomic E-state index is 13.6. The number of benzene rings is 1. The van der Waals surface area contributed by atoms with Gasteiger partial charge in [0.05, 0.1) is 5.92 Å². The fourth-order valence-electron chi connectivity index (χ4n) is 6.43. The predicted molar refractivity (Wildman–Crippen MR) is 126 cm³/mol. The summed E-state index contributed by atoms with van der Waals surface area (Å²) in [5, 5.41) is 13.0. The summed E-state index contributed by atoms with van der Waals surface area (Å²) in [6, 6.07) is 10.7. The summed E-state index contributed by atoms with van der Waals surface area (Å²) < 4.78 is 0. The molecular formula is C26H28N2O3S. The van der Waals surface area contributed by atoms with Gasteiger partial charge in [0, 0.05) is 46.0 Å². The van der Waals surface area contributed by atoms with Crippen LogP contribution in [0, 0.1) is 17.8 Å². The maximum absolute atomic E-state index is 13.6. The zero-order valence-corrected chi connectivity index (χ0v) is 18.8. The van der Waals surface area contributed by atoms with Crippen LogP contribution < -0.4 is 0 Å². The van der Waals surface area contributed by atoms with Crippen molar-refractivity contribution >= 4 is 34.1 Å². The number of thiophene rings is 1. The summed E-state index contributed by atoms with van der Waals surface area (Å²) in [6.45, 7) is 0.782. The number of aromatic nitrogens is 1. The van der Waals surface area contributed by atoms with E-state index in [4.69, 9.17) is 0 Å². The molecule has 1 amide bonds. The molecule has 3 aromatic rings. The Morgan fingerprint density at radius 3 is 2.78 bits per heavy atom. The lowest BCUT2D eigenvalue weighted by atomic mass is 9.71. The highest BCUT2D eigenvalue weighted by atomic mass is 32.1. The highest BCUT2D eigenvalue weighted by Crippen LogP contribution is 2.53. The molecule has 2 aromatic heterocycles. The molecule has 0 bridgehead atoms. The predicted octanol–water partition coefficient (Wildman–Crippen LogP) is 5.49. The van der Waals surface area contributed by atoms with Gasteiger partial charge in [0.2, 0.25) is 5.91 Å². The molecule has 1 aromatic carbocycles. The third-order valence-corrected chi connectivity index (χ3v) is 8.90. The number of carboxylic acids is 1. The number of fused-ring (bicyclic) bond motifs is 2. The fourth-order valence-corrected chi connectivity index (χ4v) is 7.19. The minimum absolute atomic E-state index is 0.0225. The Kier molecular flexibility index (Phi) is 4.86. The van der Waals surface area contributed by atoms with Crippen molar-refractivity contribution in [3.8, 4) is 10.4 Å². The zero-order valence-electron chi connectivity index (χ0n) is 18.0. The number of hydrogen-bond acceptors (Lipinski definition) is 3. The molecule has 3 heterocycles. The first-order valence-corrected chi connectivity index (χ1v) is 12.7. The number of aliphatic carboxylic acids is 1. The van der Waals surface area contributed by atoms with E-state index in [1.807, 2.05) is 0 Å². The van der Waals surface area contributed by atoms with Gasteiger partial charge in [0.15, 0.2) is 0 Å². The van der Waals surface area contributed by atoms with Crippen molar-refractivity contribution in [2.75, 3.05) is 6.54 Å². The van der Waals surface area contributed by atoms with Gasteiger partial charge in [-0.3, -0.25) is 9.59 Å². The van der Waals surface area contributed by atoms with Gasteiger partial charge in [-0.2, -0.15) is 0 Å². The molecule has 5 atom stereocenters. The summed E-state index contributed by atoms with van der Waals surface area (Å²) in [4.78, 5) is 32.2. The van der Waals surface area contributed by atoms with Crippen molar-refractivity contribution < 1.29 is 14.7 Å². The number of rotatable bonds is 4. The molecule has 166 valence electrons. The standard InChI is InChI=1S/C26H28N2O3S/c29-25(28-11-3-7-15-16(26(30)31)5-2-9-22(15)28)19-13-18(19)20-14-27-21-8-1-6-17(24(20)21)23-10-4-12-32-23/h1,4,6,8,10,12,14-16,18-19,22,27H,2-3,5,7,9,11,13H2,(H,30,31). The largest absolute Gasteiger partial charge is 0.481 e. The topological polar surface area (TPSA) is 73.4 Å². The molecule has 2 N–H and O–H groups in total. The molecule has 6 heteroatoms. The van der Waals surface area contributed by atoms with Gasteiger partial charge in [-0.15, -0.1) is 11.3 Å². The van der Waals surface area contributed by atoms with Crippen molar-refractivity contribution in [1.29, 1.82) is 0 Å². The van der Waals surface area contributed by atoms with Gasteiger partial charge >= 0.3 is 5.97 Å². The molecule has 5 nitrogen and oxygen atoms in total. The molecule has 6 rings (SSSR count). The van der Waals surface area contributed by atoms with Crippen LogP contribution in [-0.4, -0.2) is 39.5 Å². The number of carbonyl (C=O) groups is 2. The number of amides is 1. The number of hydrogen-bond donors (Lipinski definition) is 2. The number of aromatic amines is 1. The second-order valence-electron chi connectivity index (χ2n) is 9.68. The quantitative estimate of drug-likeness (QED) is 0.554. The lowest BCUT2D eigenvalue weighted by Gasteiger charge is -2.46. The number of likely N-dealkylation sites (tertiary alicyclic amines) is 1. The van der Waals surface area contributed by atoms with Gasteiger partial charge in [0.1, 0.15) is 0 Å². The minimum Gasteiger partial charge on any atom is -0.481 e. The number of nitrogens with zero attached hydrogens (tertiary/aromatic N) is 1. The smallest absolute Gasteiger partial charge is 0.306 e. The van der Waals surface area contributed by atoms with Crippen LogP contribution in [0.1, 0.15) is 50.0 Å². The van der Waals surface area contributed by atoms with E-state index in [9.17, 15) is 14.7 Å². The Morgan fingerprint density at radius 1 is 1.06 bits per heavy atom. The van der Waals surface area contributed by atoms with Crippen molar-refractivity contribution in [2.24, 2.45) is 17.8 Å². The van der Waals surface area contributed by atoms with Crippen LogP contribution in [0.4, 0.5) is 0 Å². The molecule has 3 aliphatic rings. The van der Waals surface area contributed by atoms with Crippen LogP contribution in [0.15, 0.2) is 41.9 Å². The van der Waals surface area contributed by atoms with E-state index >= 15 is 0 Å². The third-order valence-electron chi connectivity index (χ3n) is 7.99. The number of carbonyl (C=O) groups excluding carboxylic acids is 1. The third kappa shape index (κ3) is 3.19. The summed E-state index contributed by atoms with van der Waals surface area (Å²) in [7, 11) is 0. The van der Waals surface area contributed by atoms with Gasteiger partial charge in [-0.1, -0.05) is 24.6 Å². The van der Waals surface area contributed by atoms with E-state index in [-0.39, 0.29) is 35.6 Å². The Morgan fingerprint density at radius 2 is 1.97 bits per heavy atom. The first-order chi connectivity index (χ1) is 15.6. The van der Waals surface area contributed by atoms with E-state index in [1.165, 1.54) is 21.4 Å². The van der Waals surface area contributed by atoms with Crippen molar-refractivity contribution in [3.05, 3.63) is 47.5 Å². The summed E-state index contributed by atoms with van der Waals surface area (Å²) in [5.41, 5.74) is 3.61. The molecule has 32 heavy (non-hydrogen) atoms. The van der Waals surface area contributed by atoms with Gasteiger partial charge in [0.25, 0.3) is 0 Å². The number of nitrogens with one attached hydrogen (secondary N) is 1. The highest BCUT2D eigenvalue weighted by molar-refractivity contribution is 7.13. The van der Waals surface area contributed by atoms with E-state index in [0.29, 0.717) is 0 Å². The summed E-state index contributed by atoms with van der Waals surface area (Å²) in [5.74, 6) is -0.334. The van der Waals surface area contributed by atoms with Crippen LogP contribution >= 0.6 is 11.3 Å². The van der Waals surface area contributed by atoms with E-state index in [2.05, 4.69) is 51.8 Å². The Labute approximate surface area is 191 Å². The Balaban J connectivity index is 1.27. The van der Waals surface area contributed by atoms with Crippen molar-refractivity contribution in [1.82, 2.24) is 9.88 Å². The second kappa shape index (κ2) is 7.77. The van der Waals surface area contributed by atoms with Crippen LogP contribution in [0.3, 0.4) is 0 Å². The van der Waals surface area contributed by atoms with E-state index in [0.717, 1.165) is 50.6 Å². The number of H-pyrrole nitrogens is 1. The molecule has 0 spiro atoms. The van der Waals surface area contributed by atoms with Crippen LogP contribution in [-0.2, 0) is 9.59 Å². The lowest BCUT2D eigenvalue weighted by Crippen LogP contribution is -2.53. The molecule has 2 aliphatic carbocycles. The van der Waals surface area contributed by atoms with Crippen LogP contribution in [0.5, 0.6) is 0 Å². The molecule has 3 fully saturated rings. The monoisotopic (exact) mass is 448 g/mol. The fraction of sp³-hybridized carbons (Fsp3) is 0.462. The average Bonchev–Trinajstić information content (AvgIpc) is 3.21. The van der Waals surface area contributed by atoms with Crippen LogP contribution in [0.2, 0.25) is 0 Å². The molecule has 0 radical (unpaired) electrons. The van der Waals surface area contributed by atoms with E-state index < -0.39 is 5.97 Å². The van der Waals surface area contributed by atoms with Gasteiger partial charge in [-0.05, 0) is 67.0 Å². The normalized spacial score (nSPS) is 29.6. The minimum atomic E-state index is -0.682. The first-order valence-electron chi connectivity index (χ1n) is 11.8. The Bertz CT molecular complexity index is 1170. The first kappa shape index (κ1) is 20.0. The van der Waals surface area contributed by atoms with Gasteiger partial charge in [-0.25, -0.2) is 0 Å². The zero-order chi connectivity index (χ0) is 21.8. The molecule has 2 saturated carbocycles. The number of carboxylic acid groups (broad SMARTS) is 1. The SMILES string of the molecule is O=C(O)C1CCCC2C1CCCN2C(=O)C1CC1c1c[nH]c2cccc(-c3cccs3)c12. The number of piperidine rings is 1. The average molecular weight is 449 g/mol. The molecule has 1 aliphatic heterocycles. The lowest BCUT2D eigenvalue weighted by molar-refractivity contribution is -0.152. The van der Waals surface area contributed by atoms with Crippen LogP contribution in [0.25, 0.3) is 21.3 Å². The molecular weight excluding hydrogens is 420 g/mol. The molecule has 5 unspecified atom stereocenters. The second-order valence-corrected chi connectivity index (χ2v) is 10.6. The van der Waals surface area contributed by atoms with Crippen molar-refractivity contribution in [2.45, 2.75) is 50.5 Å². The summed E-state index contributed by atoms with van der Waals surface area (Å²) >= 11 is 1.74. The molecule has 1 saturated heterocycles.